The van der Waals surface area contributed by atoms with E-state index in [1.807, 2.05) is 21.1 Å². The van der Waals surface area contributed by atoms with Gasteiger partial charge in [-0.05, 0) is 57.8 Å². The highest BCUT2D eigenvalue weighted by Gasteiger charge is 2.48. The molecule has 0 heterocycles. The lowest BCUT2D eigenvalue weighted by Crippen LogP contribution is -2.49. The molecule has 0 fully saturated rings. The van der Waals surface area contributed by atoms with E-state index < -0.39 is 12.9 Å². The minimum Gasteiger partial charge on any atom is -0.373 e. The van der Waals surface area contributed by atoms with Gasteiger partial charge in [0, 0.05) is 0 Å². The molecule has 0 aromatic carbocycles. The molecule has 178 valence electrons. The zero-order valence-corrected chi connectivity index (χ0v) is 21.0. The summed E-state index contributed by atoms with van der Waals surface area (Å²) in [4.78, 5) is 19.1. The SMILES string of the molecule is CCC/C=C\CCCCCCCC/C=C\CCCCC(O)(C[N+](C)(C)C)P(=O)(O)O. The predicted molar refractivity (Wildman–Crippen MR) is 128 cm³/mol. The van der Waals surface area contributed by atoms with E-state index in [4.69, 9.17) is 0 Å². The van der Waals surface area contributed by atoms with Gasteiger partial charge in [-0.3, -0.25) is 4.57 Å². The van der Waals surface area contributed by atoms with Crippen LogP contribution < -0.4 is 0 Å². The molecule has 0 bridgehead atoms. The second kappa shape index (κ2) is 16.2. The molecule has 0 radical (unpaired) electrons. The number of likely N-dealkylation sites (N-methyl/N-ethyl adjacent to an activating group) is 1. The summed E-state index contributed by atoms with van der Waals surface area (Å²) in [6, 6.07) is 0. The second-order valence-electron chi connectivity index (χ2n) is 9.65. The summed E-state index contributed by atoms with van der Waals surface area (Å²) in [5.74, 6) is 0. The zero-order chi connectivity index (χ0) is 22.9. The molecule has 0 aromatic heterocycles. The van der Waals surface area contributed by atoms with Crippen LogP contribution in [0.25, 0.3) is 0 Å². The van der Waals surface area contributed by atoms with Crippen molar-refractivity contribution in [2.75, 3.05) is 27.7 Å². The van der Waals surface area contributed by atoms with Gasteiger partial charge in [0.25, 0.3) is 0 Å². The number of aliphatic hydroxyl groups is 1. The van der Waals surface area contributed by atoms with Crippen molar-refractivity contribution in [3.05, 3.63) is 24.3 Å². The molecule has 0 aliphatic rings. The van der Waals surface area contributed by atoms with Crippen LogP contribution in [-0.4, -0.2) is 52.4 Å². The lowest BCUT2D eigenvalue weighted by atomic mass is 10.1. The average Bonchev–Trinajstić information content (AvgIpc) is 2.62. The first kappa shape index (κ1) is 29.5. The van der Waals surface area contributed by atoms with E-state index in [0.29, 0.717) is 10.9 Å². The van der Waals surface area contributed by atoms with Crippen molar-refractivity contribution in [3.8, 4) is 0 Å². The van der Waals surface area contributed by atoms with Gasteiger partial charge in [-0.25, -0.2) is 0 Å². The molecule has 0 saturated carbocycles. The van der Waals surface area contributed by atoms with Gasteiger partial charge in [0.1, 0.15) is 6.54 Å². The maximum absolute atomic E-state index is 11.8. The zero-order valence-electron chi connectivity index (χ0n) is 20.1. The fourth-order valence-electron chi connectivity index (χ4n) is 3.62. The molecule has 5 nitrogen and oxygen atoms in total. The van der Waals surface area contributed by atoms with Gasteiger partial charge in [-0.15, -0.1) is 0 Å². The molecule has 0 saturated heterocycles. The summed E-state index contributed by atoms with van der Waals surface area (Å²) < 4.78 is 12.1. The number of quaternary nitrogens is 1. The van der Waals surface area contributed by atoms with Crippen molar-refractivity contribution >= 4 is 7.60 Å². The van der Waals surface area contributed by atoms with Crippen molar-refractivity contribution in [1.29, 1.82) is 0 Å². The van der Waals surface area contributed by atoms with Crippen molar-refractivity contribution in [3.63, 3.8) is 0 Å². The Morgan fingerprint density at radius 1 is 0.733 bits per heavy atom. The second-order valence-corrected chi connectivity index (χ2v) is 11.6. The summed E-state index contributed by atoms with van der Waals surface area (Å²) >= 11 is 0. The fourth-order valence-corrected chi connectivity index (χ4v) is 4.67. The number of hydrogen-bond acceptors (Lipinski definition) is 2. The predicted octanol–water partition coefficient (Wildman–Crippen LogP) is 6.15. The highest BCUT2D eigenvalue weighted by Crippen LogP contribution is 2.52. The molecule has 0 aliphatic carbocycles. The molecule has 6 heteroatoms. The number of hydrogen-bond donors (Lipinski definition) is 3. The summed E-state index contributed by atoms with van der Waals surface area (Å²) in [5.41, 5.74) is 0. The summed E-state index contributed by atoms with van der Waals surface area (Å²) in [6.07, 6.45) is 24.1. The first-order chi connectivity index (χ1) is 14.0. The summed E-state index contributed by atoms with van der Waals surface area (Å²) in [5, 5.41) is 8.58. The third-order valence-electron chi connectivity index (χ3n) is 5.25. The van der Waals surface area contributed by atoms with Gasteiger partial charge < -0.3 is 19.4 Å². The van der Waals surface area contributed by atoms with Crippen LogP contribution in [0.15, 0.2) is 24.3 Å². The van der Waals surface area contributed by atoms with E-state index in [1.54, 1.807) is 0 Å². The van der Waals surface area contributed by atoms with Gasteiger partial charge in [0.15, 0.2) is 0 Å². The Balaban J connectivity index is 3.74. The molecular formula is C24H49NO4P+. The van der Waals surface area contributed by atoms with E-state index in [1.165, 1.54) is 57.8 Å². The van der Waals surface area contributed by atoms with Crippen LogP contribution in [0, 0.1) is 0 Å². The van der Waals surface area contributed by atoms with E-state index in [9.17, 15) is 19.5 Å². The van der Waals surface area contributed by atoms with Gasteiger partial charge in [-0.1, -0.05) is 63.3 Å². The topological polar surface area (TPSA) is 77.8 Å². The number of allylic oxidation sites excluding steroid dienone is 4. The van der Waals surface area contributed by atoms with Crippen LogP contribution in [0.5, 0.6) is 0 Å². The molecule has 3 N–H and O–H groups in total. The molecule has 30 heavy (non-hydrogen) atoms. The minimum atomic E-state index is -4.56. The van der Waals surface area contributed by atoms with Crippen molar-refractivity contribution in [1.82, 2.24) is 0 Å². The highest BCUT2D eigenvalue weighted by atomic mass is 31.2. The van der Waals surface area contributed by atoms with E-state index in [0.717, 1.165) is 19.3 Å². The monoisotopic (exact) mass is 446 g/mol. The molecule has 0 rings (SSSR count). The minimum absolute atomic E-state index is 0.0443. The van der Waals surface area contributed by atoms with Crippen LogP contribution in [0.2, 0.25) is 0 Å². The Morgan fingerprint density at radius 3 is 1.53 bits per heavy atom. The Labute approximate surface area is 186 Å². The maximum Gasteiger partial charge on any atom is 0.362 e. The highest BCUT2D eigenvalue weighted by molar-refractivity contribution is 7.53. The standard InChI is InChI=1S/C24H48NO4P/c1-5-6-7-8-9-10-11-12-13-14-15-16-17-18-19-20-21-22-24(26,30(27,28)29)23-25(2,3)4/h7-8,17-18,26H,5-6,9-16,19-23H2,1-4H3,(H-,27,28,29)/p+1/b8-7-,18-17-. The Kier molecular flexibility index (Phi) is 16.0. The average molecular weight is 447 g/mol. The Bertz CT molecular complexity index is 522. The Hall–Kier alpha value is -0.450. The molecule has 1 atom stereocenters. The van der Waals surface area contributed by atoms with Gasteiger partial charge in [0.05, 0.1) is 21.1 Å². The third kappa shape index (κ3) is 16.3. The quantitative estimate of drug-likeness (QED) is 0.0962. The first-order valence-corrected chi connectivity index (χ1v) is 13.5. The van der Waals surface area contributed by atoms with Crippen molar-refractivity contribution < 1.29 is 23.9 Å². The molecule has 0 amide bonds. The molecule has 1 unspecified atom stereocenters. The van der Waals surface area contributed by atoms with Crippen LogP contribution >= 0.6 is 7.60 Å². The van der Waals surface area contributed by atoms with Crippen LogP contribution in [0.3, 0.4) is 0 Å². The third-order valence-corrected chi connectivity index (χ3v) is 6.70. The van der Waals surface area contributed by atoms with Crippen LogP contribution in [0.4, 0.5) is 0 Å². The van der Waals surface area contributed by atoms with Crippen LogP contribution in [0.1, 0.15) is 96.8 Å². The molecular weight excluding hydrogens is 397 g/mol. The number of nitrogens with zero attached hydrogens (tertiary/aromatic N) is 1. The van der Waals surface area contributed by atoms with Crippen molar-refractivity contribution in [2.45, 2.75) is 102 Å². The van der Waals surface area contributed by atoms with E-state index in [-0.39, 0.29) is 13.0 Å². The van der Waals surface area contributed by atoms with E-state index in [2.05, 4.69) is 31.2 Å². The number of unbranched alkanes of at least 4 members (excludes halogenated alkanes) is 10. The van der Waals surface area contributed by atoms with Gasteiger partial charge in [0.2, 0.25) is 5.34 Å². The fraction of sp³-hybridized carbons (Fsp3) is 0.833. The molecule has 0 aromatic rings. The van der Waals surface area contributed by atoms with Gasteiger partial charge in [-0.2, -0.15) is 0 Å². The first-order valence-electron chi connectivity index (χ1n) is 11.9. The van der Waals surface area contributed by atoms with Crippen molar-refractivity contribution in [2.24, 2.45) is 0 Å². The lowest BCUT2D eigenvalue weighted by molar-refractivity contribution is -0.875. The Morgan fingerprint density at radius 2 is 1.13 bits per heavy atom. The van der Waals surface area contributed by atoms with Crippen LogP contribution in [-0.2, 0) is 4.57 Å². The van der Waals surface area contributed by atoms with Gasteiger partial charge >= 0.3 is 7.60 Å². The summed E-state index contributed by atoms with van der Waals surface area (Å²) in [6.45, 7) is 2.26. The smallest absolute Gasteiger partial charge is 0.362 e. The lowest BCUT2D eigenvalue weighted by Gasteiger charge is -2.35. The maximum atomic E-state index is 11.8. The molecule has 0 aliphatic heterocycles. The number of rotatable bonds is 19. The largest absolute Gasteiger partial charge is 0.373 e. The summed E-state index contributed by atoms with van der Waals surface area (Å²) in [7, 11) is 0.929. The normalized spacial score (nSPS) is 15.3. The molecule has 0 spiro atoms. The van der Waals surface area contributed by atoms with E-state index >= 15 is 0 Å².